The van der Waals surface area contributed by atoms with Gasteiger partial charge in [-0.05, 0) is 72.8 Å². The molecule has 0 aliphatic carbocycles. The van der Waals surface area contributed by atoms with Crippen LogP contribution in [0.4, 0.5) is 11.4 Å². The number of benzene rings is 3. The molecule has 0 fully saturated rings. The van der Waals surface area contributed by atoms with Crippen molar-refractivity contribution >= 4 is 40.5 Å². The molecule has 0 aliphatic heterocycles. The normalized spacial score (nSPS) is 11.5. The summed E-state index contributed by atoms with van der Waals surface area (Å²) in [4.78, 5) is 25.0. The van der Waals surface area contributed by atoms with E-state index in [1.165, 1.54) is 5.56 Å². The van der Waals surface area contributed by atoms with E-state index in [1.807, 2.05) is 67.6 Å². The van der Waals surface area contributed by atoms with E-state index in [9.17, 15) is 9.59 Å². The smallest absolute Gasteiger partial charge is 0.233 e. The predicted molar refractivity (Wildman–Crippen MR) is 148 cm³/mol. The summed E-state index contributed by atoms with van der Waals surface area (Å²) < 4.78 is 0. The van der Waals surface area contributed by atoms with E-state index in [1.54, 1.807) is 6.07 Å². The van der Waals surface area contributed by atoms with Crippen LogP contribution in [0, 0.1) is 5.92 Å². The van der Waals surface area contributed by atoms with Gasteiger partial charge in [-0.1, -0.05) is 74.5 Å². The maximum atomic E-state index is 12.7. The first-order valence-corrected chi connectivity index (χ1v) is 12.4. The Morgan fingerprint density at radius 1 is 0.800 bits per heavy atom. The molecule has 1 unspecified atom stereocenters. The third-order valence-corrected chi connectivity index (χ3v) is 5.85. The highest BCUT2D eigenvalue weighted by molar-refractivity contribution is 7.80. The van der Waals surface area contributed by atoms with E-state index in [2.05, 4.69) is 41.9 Å². The fraction of sp³-hybridized carbons (Fsp3) is 0.276. The molecule has 0 radical (unpaired) electrons. The zero-order chi connectivity index (χ0) is 25.2. The van der Waals surface area contributed by atoms with Gasteiger partial charge in [-0.2, -0.15) is 0 Å². The second kappa shape index (κ2) is 12.8. The summed E-state index contributed by atoms with van der Waals surface area (Å²) in [5, 5.41) is 8.92. The minimum absolute atomic E-state index is 0.0601. The third-order valence-electron chi connectivity index (χ3n) is 5.64. The second-order valence-corrected chi connectivity index (χ2v) is 9.53. The number of carbonyl (C=O) groups excluding carboxylic acids is 2. The van der Waals surface area contributed by atoms with Gasteiger partial charge in [0, 0.05) is 17.8 Å². The van der Waals surface area contributed by atoms with E-state index in [-0.39, 0.29) is 22.8 Å². The molecule has 3 aromatic carbocycles. The quantitative estimate of drug-likeness (QED) is 0.320. The molecule has 1 atom stereocenters. The first-order chi connectivity index (χ1) is 16.8. The molecule has 3 aromatic rings. The van der Waals surface area contributed by atoms with Crippen molar-refractivity contribution in [3.8, 4) is 0 Å². The molecule has 182 valence electrons. The minimum atomic E-state index is -0.335. The Morgan fingerprint density at radius 3 is 2.11 bits per heavy atom. The van der Waals surface area contributed by atoms with Crippen LogP contribution in [0.5, 0.6) is 0 Å². The Balaban J connectivity index is 1.49. The topological polar surface area (TPSA) is 70.2 Å². The van der Waals surface area contributed by atoms with E-state index >= 15 is 0 Å². The zero-order valence-electron chi connectivity index (χ0n) is 20.5. The molecule has 3 N–H and O–H groups in total. The Hall–Kier alpha value is -3.51. The number of hydrogen-bond donors (Lipinski definition) is 3. The molecule has 2 amide bonds. The van der Waals surface area contributed by atoms with Gasteiger partial charge in [0.1, 0.15) is 0 Å². The number of amides is 2. The first kappa shape index (κ1) is 26.1. The molecule has 6 heteroatoms. The number of hydrogen-bond acceptors (Lipinski definition) is 3. The van der Waals surface area contributed by atoms with Crippen LogP contribution >= 0.6 is 12.2 Å². The van der Waals surface area contributed by atoms with Gasteiger partial charge in [0.25, 0.3) is 0 Å². The van der Waals surface area contributed by atoms with Crippen LogP contribution in [0.1, 0.15) is 49.8 Å². The number of thiocarbonyl (C=S) groups is 1. The Kier molecular flexibility index (Phi) is 9.56. The maximum Gasteiger partial charge on any atom is 0.233 e. The van der Waals surface area contributed by atoms with Crippen molar-refractivity contribution in [2.75, 3.05) is 10.6 Å². The molecule has 0 bridgehead atoms. The maximum absolute atomic E-state index is 12.7. The summed E-state index contributed by atoms with van der Waals surface area (Å²) in [6.07, 6.45) is 2.09. The SMILES string of the molecule is CC(C)Cc1ccc(C(C)C(=O)NC(=S)Nc2cccc(NC(=O)CCc3ccccc3)c2)cc1. The van der Waals surface area contributed by atoms with Gasteiger partial charge < -0.3 is 16.0 Å². The van der Waals surface area contributed by atoms with Gasteiger partial charge >= 0.3 is 0 Å². The second-order valence-electron chi connectivity index (χ2n) is 9.12. The van der Waals surface area contributed by atoms with Crippen LogP contribution in [-0.4, -0.2) is 16.9 Å². The van der Waals surface area contributed by atoms with Gasteiger partial charge in [0.2, 0.25) is 11.8 Å². The lowest BCUT2D eigenvalue weighted by Crippen LogP contribution is -2.36. The number of anilines is 2. The van der Waals surface area contributed by atoms with Crippen LogP contribution in [0.25, 0.3) is 0 Å². The van der Waals surface area contributed by atoms with Crippen molar-refractivity contribution in [1.29, 1.82) is 0 Å². The summed E-state index contributed by atoms with van der Waals surface area (Å²) in [5.74, 6) is 0.0174. The van der Waals surface area contributed by atoms with E-state index in [4.69, 9.17) is 12.2 Å². The highest BCUT2D eigenvalue weighted by Gasteiger charge is 2.16. The third kappa shape index (κ3) is 8.65. The molecule has 0 aromatic heterocycles. The monoisotopic (exact) mass is 487 g/mol. The lowest BCUT2D eigenvalue weighted by molar-refractivity contribution is -0.120. The largest absolute Gasteiger partial charge is 0.332 e. The van der Waals surface area contributed by atoms with Crippen molar-refractivity contribution in [2.24, 2.45) is 5.92 Å². The molecular weight excluding hydrogens is 454 g/mol. The Labute approximate surface area is 213 Å². The molecule has 0 saturated heterocycles. The fourth-order valence-corrected chi connectivity index (χ4v) is 3.97. The van der Waals surface area contributed by atoms with Gasteiger partial charge in [0.15, 0.2) is 5.11 Å². The summed E-state index contributed by atoms with van der Waals surface area (Å²) >= 11 is 5.35. The molecule has 35 heavy (non-hydrogen) atoms. The van der Waals surface area contributed by atoms with Crippen LogP contribution in [-0.2, 0) is 22.4 Å². The van der Waals surface area contributed by atoms with Gasteiger partial charge in [-0.15, -0.1) is 0 Å². The van der Waals surface area contributed by atoms with Gasteiger partial charge in [0.05, 0.1) is 5.92 Å². The van der Waals surface area contributed by atoms with E-state index in [0.717, 1.165) is 17.5 Å². The lowest BCUT2D eigenvalue weighted by Gasteiger charge is -2.15. The summed E-state index contributed by atoms with van der Waals surface area (Å²) in [5.41, 5.74) is 4.68. The lowest BCUT2D eigenvalue weighted by atomic mass is 9.96. The summed E-state index contributed by atoms with van der Waals surface area (Å²) in [7, 11) is 0. The standard InChI is InChI=1S/C29H33N3O2S/c1-20(2)18-23-12-15-24(16-13-23)21(3)28(34)32-29(35)31-26-11-7-10-25(19-26)30-27(33)17-14-22-8-5-4-6-9-22/h4-13,15-16,19-21H,14,17-18H2,1-3H3,(H,30,33)(H2,31,32,34,35). The van der Waals surface area contributed by atoms with Crippen molar-refractivity contribution in [2.45, 2.75) is 46.0 Å². The summed E-state index contributed by atoms with van der Waals surface area (Å²) in [6, 6.07) is 25.3. The van der Waals surface area contributed by atoms with Crippen molar-refractivity contribution in [3.05, 3.63) is 95.6 Å². The molecule has 0 spiro atoms. The van der Waals surface area contributed by atoms with Crippen LogP contribution in [0.15, 0.2) is 78.9 Å². The number of aryl methyl sites for hydroxylation is 1. The fourth-order valence-electron chi connectivity index (χ4n) is 3.75. The van der Waals surface area contributed by atoms with Gasteiger partial charge in [-0.3, -0.25) is 9.59 Å². The number of rotatable bonds is 9. The first-order valence-electron chi connectivity index (χ1n) is 11.9. The summed E-state index contributed by atoms with van der Waals surface area (Å²) in [6.45, 7) is 6.24. The van der Waals surface area contributed by atoms with Crippen molar-refractivity contribution < 1.29 is 9.59 Å². The van der Waals surface area contributed by atoms with Crippen molar-refractivity contribution in [1.82, 2.24) is 5.32 Å². The molecule has 0 saturated carbocycles. The number of nitrogens with one attached hydrogen (secondary N) is 3. The van der Waals surface area contributed by atoms with Crippen molar-refractivity contribution in [3.63, 3.8) is 0 Å². The van der Waals surface area contributed by atoms with Crippen LogP contribution < -0.4 is 16.0 Å². The molecule has 0 heterocycles. The molecular formula is C29H33N3O2S. The predicted octanol–water partition coefficient (Wildman–Crippen LogP) is 6.07. The molecule has 0 aliphatic rings. The highest BCUT2D eigenvalue weighted by Crippen LogP contribution is 2.19. The van der Waals surface area contributed by atoms with Crippen LogP contribution in [0.3, 0.4) is 0 Å². The van der Waals surface area contributed by atoms with E-state index in [0.29, 0.717) is 30.1 Å². The highest BCUT2D eigenvalue weighted by atomic mass is 32.1. The van der Waals surface area contributed by atoms with Crippen LogP contribution in [0.2, 0.25) is 0 Å². The average Bonchev–Trinajstić information content (AvgIpc) is 2.83. The Bertz CT molecular complexity index is 1140. The minimum Gasteiger partial charge on any atom is -0.332 e. The Morgan fingerprint density at radius 2 is 1.46 bits per heavy atom. The zero-order valence-corrected chi connectivity index (χ0v) is 21.3. The van der Waals surface area contributed by atoms with E-state index < -0.39 is 0 Å². The van der Waals surface area contributed by atoms with Gasteiger partial charge in [-0.25, -0.2) is 0 Å². The molecule has 5 nitrogen and oxygen atoms in total. The number of carbonyl (C=O) groups is 2. The average molecular weight is 488 g/mol. The molecule has 3 rings (SSSR count).